The molecule has 0 saturated carbocycles. The van der Waals surface area contributed by atoms with Crippen LogP contribution in [0.3, 0.4) is 0 Å². The van der Waals surface area contributed by atoms with E-state index in [4.69, 9.17) is 5.73 Å². The Morgan fingerprint density at radius 3 is 2.82 bits per heavy atom. The van der Waals surface area contributed by atoms with Crippen LogP contribution in [0.25, 0.3) is 0 Å². The minimum atomic E-state index is 0.729. The molecule has 0 atom stereocenters. The third kappa shape index (κ3) is 3.33. The highest BCUT2D eigenvalue weighted by molar-refractivity contribution is 5.50. The van der Waals surface area contributed by atoms with E-state index in [-0.39, 0.29) is 0 Å². The Labute approximate surface area is 103 Å². The van der Waals surface area contributed by atoms with Gasteiger partial charge in [-0.05, 0) is 57.5 Å². The summed E-state index contributed by atoms with van der Waals surface area (Å²) in [5.41, 5.74) is 7.54. The molecule has 0 bridgehead atoms. The number of nitrogens with two attached hydrogens (primary N) is 1. The number of hydrogen-bond donors (Lipinski definition) is 2. The fourth-order valence-corrected chi connectivity index (χ4v) is 2.29. The second-order valence-corrected chi connectivity index (χ2v) is 5.06. The molecule has 0 unspecified atom stereocenters. The van der Waals surface area contributed by atoms with Gasteiger partial charge in [-0.1, -0.05) is 0 Å². The monoisotopic (exact) mass is 234 g/mol. The largest absolute Gasteiger partial charge is 0.397 e. The van der Waals surface area contributed by atoms with Gasteiger partial charge in [0.2, 0.25) is 0 Å². The molecule has 0 amide bonds. The maximum atomic E-state index is 5.69. The van der Waals surface area contributed by atoms with Crippen LogP contribution in [-0.2, 0) is 0 Å². The molecule has 2 heterocycles. The molecule has 2 rings (SSSR count). The number of nitrogens with one attached hydrogen (secondary N) is 1. The summed E-state index contributed by atoms with van der Waals surface area (Å²) in [6, 6.07) is 1.96. The van der Waals surface area contributed by atoms with Crippen LogP contribution in [0, 0.1) is 12.8 Å². The molecule has 1 aromatic rings. The summed E-state index contributed by atoms with van der Waals surface area (Å²) in [6.07, 6.45) is 4.26. The first-order valence-corrected chi connectivity index (χ1v) is 6.29. The van der Waals surface area contributed by atoms with Gasteiger partial charge in [0.1, 0.15) is 5.82 Å². The van der Waals surface area contributed by atoms with E-state index in [1.807, 2.05) is 13.0 Å². The summed E-state index contributed by atoms with van der Waals surface area (Å²) >= 11 is 0. The zero-order valence-electron chi connectivity index (χ0n) is 10.7. The number of hydrogen-bond acceptors (Lipinski definition) is 4. The van der Waals surface area contributed by atoms with Gasteiger partial charge in [0.15, 0.2) is 0 Å². The van der Waals surface area contributed by atoms with Crippen LogP contribution in [0.15, 0.2) is 12.3 Å². The Morgan fingerprint density at radius 2 is 2.18 bits per heavy atom. The molecule has 4 heteroatoms. The van der Waals surface area contributed by atoms with Crippen molar-refractivity contribution in [2.45, 2.75) is 19.8 Å². The van der Waals surface area contributed by atoms with Crippen LogP contribution >= 0.6 is 0 Å². The quantitative estimate of drug-likeness (QED) is 0.836. The number of piperidine rings is 1. The smallest absolute Gasteiger partial charge is 0.129 e. The molecule has 0 aliphatic carbocycles. The summed E-state index contributed by atoms with van der Waals surface area (Å²) < 4.78 is 0. The van der Waals surface area contributed by atoms with E-state index < -0.39 is 0 Å². The normalized spacial score (nSPS) is 18.2. The minimum absolute atomic E-state index is 0.729. The number of aromatic nitrogens is 1. The van der Waals surface area contributed by atoms with Gasteiger partial charge >= 0.3 is 0 Å². The number of aryl methyl sites for hydroxylation is 1. The molecular weight excluding hydrogens is 212 g/mol. The Hall–Kier alpha value is -1.29. The van der Waals surface area contributed by atoms with Crippen molar-refractivity contribution < 1.29 is 0 Å². The van der Waals surface area contributed by atoms with Gasteiger partial charge in [0.05, 0.1) is 11.9 Å². The molecular formula is C13H22N4. The first-order valence-electron chi connectivity index (χ1n) is 6.29. The summed E-state index contributed by atoms with van der Waals surface area (Å²) in [5.74, 6) is 1.74. The molecule has 94 valence electrons. The summed E-state index contributed by atoms with van der Waals surface area (Å²) in [4.78, 5) is 6.72. The topological polar surface area (TPSA) is 54.2 Å². The number of rotatable bonds is 3. The lowest BCUT2D eigenvalue weighted by atomic mass is 9.97. The predicted molar refractivity (Wildman–Crippen MR) is 72.1 cm³/mol. The van der Waals surface area contributed by atoms with Gasteiger partial charge in [-0.15, -0.1) is 0 Å². The number of nitrogen functional groups attached to an aromatic ring is 1. The molecule has 4 nitrogen and oxygen atoms in total. The van der Waals surface area contributed by atoms with Crippen molar-refractivity contribution in [1.29, 1.82) is 0 Å². The molecule has 3 N–H and O–H groups in total. The Balaban J connectivity index is 1.85. The molecule has 1 aromatic heterocycles. The van der Waals surface area contributed by atoms with Crippen molar-refractivity contribution in [3.05, 3.63) is 17.8 Å². The highest BCUT2D eigenvalue weighted by Crippen LogP contribution is 2.18. The first kappa shape index (κ1) is 12.2. The second-order valence-electron chi connectivity index (χ2n) is 5.06. The maximum Gasteiger partial charge on any atom is 0.129 e. The molecule has 0 aromatic carbocycles. The highest BCUT2D eigenvalue weighted by Gasteiger charge is 2.16. The van der Waals surface area contributed by atoms with E-state index in [0.717, 1.165) is 29.5 Å². The van der Waals surface area contributed by atoms with Crippen molar-refractivity contribution in [2.75, 3.05) is 37.7 Å². The SMILES string of the molecule is Cc1cc(N)cnc1NCC1CCN(C)CC1. The first-order chi connectivity index (χ1) is 8.15. The van der Waals surface area contributed by atoms with Crippen LogP contribution in [-0.4, -0.2) is 36.6 Å². The Morgan fingerprint density at radius 1 is 1.47 bits per heavy atom. The molecule has 1 aliphatic rings. The Kier molecular flexibility index (Phi) is 3.84. The van der Waals surface area contributed by atoms with Gasteiger partial charge in [-0.25, -0.2) is 4.98 Å². The third-order valence-electron chi connectivity index (χ3n) is 3.50. The number of anilines is 2. The molecule has 0 radical (unpaired) electrons. The van der Waals surface area contributed by atoms with Crippen molar-refractivity contribution >= 4 is 11.5 Å². The average molecular weight is 234 g/mol. The Bertz CT molecular complexity index is 370. The van der Waals surface area contributed by atoms with E-state index in [1.165, 1.54) is 25.9 Å². The number of likely N-dealkylation sites (tertiary alicyclic amines) is 1. The molecule has 1 fully saturated rings. The van der Waals surface area contributed by atoms with Crippen LogP contribution in [0.2, 0.25) is 0 Å². The highest BCUT2D eigenvalue weighted by atomic mass is 15.1. The number of pyridine rings is 1. The van der Waals surface area contributed by atoms with Crippen LogP contribution in [0.1, 0.15) is 18.4 Å². The van der Waals surface area contributed by atoms with Crippen LogP contribution in [0.4, 0.5) is 11.5 Å². The van der Waals surface area contributed by atoms with Gasteiger partial charge in [-0.3, -0.25) is 0 Å². The fraction of sp³-hybridized carbons (Fsp3) is 0.615. The summed E-state index contributed by atoms with van der Waals surface area (Å²) in [5, 5.41) is 3.44. The predicted octanol–water partition coefficient (Wildman–Crippen LogP) is 1.73. The lowest BCUT2D eigenvalue weighted by molar-refractivity contribution is 0.226. The van der Waals surface area contributed by atoms with E-state index in [2.05, 4.69) is 22.2 Å². The molecule has 17 heavy (non-hydrogen) atoms. The lowest BCUT2D eigenvalue weighted by Gasteiger charge is -2.29. The third-order valence-corrected chi connectivity index (χ3v) is 3.50. The second kappa shape index (κ2) is 5.36. The van der Waals surface area contributed by atoms with E-state index in [0.29, 0.717) is 0 Å². The average Bonchev–Trinajstić information content (AvgIpc) is 2.30. The molecule has 1 aliphatic heterocycles. The lowest BCUT2D eigenvalue weighted by Crippen LogP contribution is -2.33. The zero-order chi connectivity index (χ0) is 12.3. The van der Waals surface area contributed by atoms with Gasteiger partial charge in [-0.2, -0.15) is 0 Å². The minimum Gasteiger partial charge on any atom is -0.397 e. The van der Waals surface area contributed by atoms with Crippen molar-refractivity contribution in [3.63, 3.8) is 0 Å². The fourth-order valence-electron chi connectivity index (χ4n) is 2.29. The van der Waals surface area contributed by atoms with E-state index >= 15 is 0 Å². The van der Waals surface area contributed by atoms with Gasteiger partial charge < -0.3 is 16.0 Å². The van der Waals surface area contributed by atoms with Crippen LogP contribution in [0.5, 0.6) is 0 Å². The van der Waals surface area contributed by atoms with Crippen LogP contribution < -0.4 is 11.1 Å². The zero-order valence-corrected chi connectivity index (χ0v) is 10.7. The summed E-state index contributed by atoms with van der Waals surface area (Å²) in [6.45, 7) is 5.48. The summed E-state index contributed by atoms with van der Waals surface area (Å²) in [7, 11) is 2.19. The van der Waals surface area contributed by atoms with Crippen molar-refractivity contribution in [3.8, 4) is 0 Å². The standard InChI is InChI=1S/C13H22N4/c1-10-7-12(14)9-16-13(10)15-8-11-3-5-17(2)6-4-11/h7,9,11H,3-6,8,14H2,1-2H3,(H,15,16). The van der Waals surface area contributed by atoms with Crippen molar-refractivity contribution in [2.24, 2.45) is 5.92 Å². The van der Waals surface area contributed by atoms with E-state index in [9.17, 15) is 0 Å². The molecule has 1 saturated heterocycles. The van der Waals surface area contributed by atoms with Crippen molar-refractivity contribution in [1.82, 2.24) is 9.88 Å². The van der Waals surface area contributed by atoms with Gasteiger partial charge in [0.25, 0.3) is 0 Å². The maximum absolute atomic E-state index is 5.69. The van der Waals surface area contributed by atoms with Gasteiger partial charge in [0, 0.05) is 6.54 Å². The number of nitrogens with zero attached hydrogens (tertiary/aromatic N) is 2. The van der Waals surface area contributed by atoms with E-state index in [1.54, 1.807) is 6.20 Å². The molecule has 0 spiro atoms.